The number of aliphatic hydroxyl groups excluding tert-OH is 1. The third-order valence-corrected chi connectivity index (χ3v) is 4.95. The van der Waals surface area contributed by atoms with E-state index in [0.29, 0.717) is 29.2 Å². The van der Waals surface area contributed by atoms with Crippen molar-refractivity contribution in [2.45, 2.75) is 38.2 Å². The number of nitrogens with one attached hydrogen (secondary N) is 1. The summed E-state index contributed by atoms with van der Waals surface area (Å²) in [7, 11) is 0. The standard InChI is InChI=1S/C20H22ClNO6/c1-19(2,3)28-14(23)9-22-18(26)15-16(24)12-8-11(21)4-5-13(12)20(17(15)25)6-7-27-10-20/h4-5,8,24H,6-7,9-10H2,1-3H3,(H,22,26). The molecule has 28 heavy (non-hydrogen) atoms. The van der Waals surface area contributed by atoms with Crippen LogP contribution < -0.4 is 5.32 Å². The first-order valence-corrected chi connectivity index (χ1v) is 9.29. The van der Waals surface area contributed by atoms with Crippen molar-refractivity contribution < 1.29 is 29.0 Å². The number of amides is 1. The second-order valence-electron chi connectivity index (χ2n) is 7.90. The zero-order valence-electron chi connectivity index (χ0n) is 15.9. The van der Waals surface area contributed by atoms with Gasteiger partial charge in [0.25, 0.3) is 5.91 Å². The lowest BCUT2D eigenvalue weighted by atomic mass is 9.68. The number of ether oxygens (including phenoxy) is 2. The predicted molar refractivity (Wildman–Crippen MR) is 102 cm³/mol. The quantitative estimate of drug-likeness (QED) is 0.589. The molecule has 1 aromatic carbocycles. The zero-order chi connectivity index (χ0) is 20.7. The molecular weight excluding hydrogens is 386 g/mol. The Labute approximate surface area is 167 Å². The Morgan fingerprint density at radius 3 is 2.68 bits per heavy atom. The SMILES string of the molecule is CC(C)(C)OC(=O)CNC(=O)C1=C(O)c2cc(Cl)ccc2C2(CCOC2)C1=O. The first-order valence-electron chi connectivity index (χ1n) is 8.91. The number of carbonyl (C=O) groups is 3. The normalized spacial score (nSPS) is 21.6. The third kappa shape index (κ3) is 3.64. The van der Waals surface area contributed by atoms with Crippen LogP contribution in [0.5, 0.6) is 0 Å². The van der Waals surface area contributed by atoms with Crippen molar-refractivity contribution in [1.29, 1.82) is 0 Å². The van der Waals surface area contributed by atoms with Crippen LogP contribution in [0.15, 0.2) is 23.8 Å². The van der Waals surface area contributed by atoms with E-state index in [1.54, 1.807) is 32.9 Å². The fourth-order valence-corrected chi connectivity index (χ4v) is 3.69. The molecule has 0 aromatic heterocycles. The average Bonchev–Trinajstić information content (AvgIpc) is 3.08. The molecule has 1 spiro atoms. The molecule has 1 fully saturated rings. The van der Waals surface area contributed by atoms with Crippen LogP contribution in [0.25, 0.3) is 5.76 Å². The van der Waals surface area contributed by atoms with E-state index >= 15 is 0 Å². The Balaban J connectivity index is 1.93. The summed E-state index contributed by atoms with van der Waals surface area (Å²) in [6.07, 6.45) is 0.386. The van der Waals surface area contributed by atoms with E-state index < -0.39 is 46.6 Å². The smallest absolute Gasteiger partial charge is 0.325 e. The van der Waals surface area contributed by atoms with Gasteiger partial charge >= 0.3 is 5.97 Å². The third-order valence-electron chi connectivity index (χ3n) is 4.71. The van der Waals surface area contributed by atoms with E-state index in [2.05, 4.69) is 5.32 Å². The first kappa shape index (κ1) is 20.4. The number of rotatable bonds is 3. The van der Waals surface area contributed by atoms with Gasteiger partial charge in [0.05, 0.1) is 12.0 Å². The Hall–Kier alpha value is -2.38. The Morgan fingerprint density at radius 2 is 2.07 bits per heavy atom. The largest absolute Gasteiger partial charge is 0.506 e. The molecule has 150 valence electrons. The number of ketones is 1. The fraction of sp³-hybridized carbons (Fsp3) is 0.450. The lowest BCUT2D eigenvalue weighted by Gasteiger charge is -2.33. The van der Waals surface area contributed by atoms with Crippen molar-refractivity contribution in [1.82, 2.24) is 5.32 Å². The summed E-state index contributed by atoms with van der Waals surface area (Å²) >= 11 is 6.05. The van der Waals surface area contributed by atoms with Gasteiger partial charge in [-0.15, -0.1) is 0 Å². The lowest BCUT2D eigenvalue weighted by Crippen LogP contribution is -2.46. The van der Waals surface area contributed by atoms with Crippen molar-refractivity contribution >= 4 is 35.0 Å². The maximum atomic E-state index is 13.2. The van der Waals surface area contributed by atoms with Crippen LogP contribution in [0.1, 0.15) is 38.3 Å². The first-order chi connectivity index (χ1) is 13.0. The van der Waals surface area contributed by atoms with Gasteiger partial charge in [-0.05, 0) is 44.9 Å². The highest BCUT2D eigenvalue weighted by atomic mass is 35.5. The number of hydrogen-bond donors (Lipinski definition) is 2. The summed E-state index contributed by atoms with van der Waals surface area (Å²) in [5.41, 5.74) is -1.25. The van der Waals surface area contributed by atoms with E-state index in [-0.39, 0.29) is 6.61 Å². The molecule has 1 amide bonds. The van der Waals surface area contributed by atoms with E-state index in [9.17, 15) is 19.5 Å². The monoisotopic (exact) mass is 407 g/mol. The Bertz CT molecular complexity index is 877. The van der Waals surface area contributed by atoms with Crippen LogP contribution in [-0.2, 0) is 29.3 Å². The molecule has 3 rings (SSSR count). The molecule has 1 aliphatic heterocycles. The van der Waals surface area contributed by atoms with Crippen LogP contribution in [0.2, 0.25) is 5.02 Å². The summed E-state index contributed by atoms with van der Waals surface area (Å²) < 4.78 is 10.6. The number of fused-ring (bicyclic) bond motifs is 2. The van der Waals surface area contributed by atoms with Crippen LogP contribution in [0.3, 0.4) is 0 Å². The van der Waals surface area contributed by atoms with Crippen molar-refractivity contribution in [2.75, 3.05) is 19.8 Å². The highest BCUT2D eigenvalue weighted by molar-refractivity contribution is 6.32. The molecule has 0 bridgehead atoms. The van der Waals surface area contributed by atoms with E-state index in [4.69, 9.17) is 21.1 Å². The summed E-state index contributed by atoms with van der Waals surface area (Å²) in [5, 5.41) is 13.4. The highest BCUT2D eigenvalue weighted by Crippen LogP contribution is 2.45. The summed E-state index contributed by atoms with van der Waals surface area (Å²) in [6.45, 7) is 5.16. The molecule has 2 aliphatic rings. The minimum Gasteiger partial charge on any atom is -0.506 e. The maximum absolute atomic E-state index is 13.2. The molecule has 1 unspecified atom stereocenters. The van der Waals surface area contributed by atoms with Gasteiger partial charge < -0.3 is 19.9 Å². The van der Waals surface area contributed by atoms with Crippen LogP contribution >= 0.6 is 11.6 Å². The van der Waals surface area contributed by atoms with Gasteiger partial charge in [0.15, 0.2) is 5.78 Å². The fourth-order valence-electron chi connectivity index (χ4n) is 3.52. The van der Waals surface area contributed by atoms with E-state index in [1.807, 2.05) is 0 Å². The number of halogens is 1. The Morgan fingerprint density at radius 1 is 1.36 bits per heavy atom. The molecule has 0 radical (unpaired) electrons. The topological polar surface area (TPSA) is 102 Å². The number of carbonyl (C=O) groups excluding carboxylic acids is 3. The van der Waals surface area contributed by atoms with Gasteiger partial charge in [-0.2, -0.15) is 0 Å². The number of esters is 1. The molecule has 1 aromatic rings. The van der Waals surface area contributed by atoms with Crippen LogP contribution in [0, 0.1) is 0 Å². The molecular formula is C20H22ClNO6. The molecule has 1 saturated heterocycles. The number of aliphatic hydroxyl groups is 1. The highest BCUT2D eigenvalue weighted by Gasteiger charge is 2.51. The molecule has 1 atom stereocenters. The number of Topliss-reactive ketones (excluding diaryl/α,β-unsaturated/α-hetero) is 1. The molecule has 0 saturated carbocycles. The molecule has 1 heterocycles. The van der Waals surface area contributed by atoms with Gasteiger partial charge in [0, 0.05) is 17.2 Å². The molecule has 8 heteroatoms. The molecule has 7 nitrogen and oxygen atoms in total. The van der Waals surface area contributed by atoms with E-state index in [1.165, 1.54) is 6.07 Å². The molecule has 1 aliphatic carbocycles. The van der Waals surface area contributed by atoms with Gasteiger partial charge in [-0.3, -0.25) is 14.4 Å². The summed E-state index contributed by atoms with van der Waals surface area (Å²) in [6, 6.07) is 4.82. The van der Waals surface area contributed by atoms with Gasteiger partial charge in [-0.1, -0.05) is 17.7 Å². The minimum atomic E-state index is -1.05. The van der Waals surface area contributed by atoms with Crippen molar-refractivity contribution in [3.8, 4) is 0 Å². The second kappa shape index (κ2) is 7.22. The van der Waals surface area contributed by atoms with Crippen molar-refractivity contribution in [3.63, 3.8) is 0 Å². The molecule has 2 N–H and O–H groups in total. The second-order valence-corrected chi connectivity index (χ2v) is 8.33. The van der Waals surface area contributed by atoms with Crippen molar-refractivity contribution in [3.05, 3.63) is 39.9 Å². The van der Waals surface area contributed by atoms with Crippen molar-refractivity contribution in [2.24, 2.45) is 0 Å². The summed E-state index contributed by atoms with van der Waals surface area (Å²) in [4.78, 5) is 37.8. The van der Waals surface area contributed by atoms with Gasteiger partial charge in [0.2, 0.25) is 0 Å². The zero-order valence-corrected chi connectivity index (χ0v) is 16.7. The van der Waals surface area contributed by atoms with Crippen LogP contribution in [-0.4, -0.2) is 48.1 Å². The minimum absolute atomic E-state index is 0.108. The predicted octanol–water partition coefficient (Wildman–Crippen LogP) is 2.31. The van der Waals surface area contributed by atoms with E-state index in [0.717, 1.165) is 0 Å². The van der Waals surface area contributed by atoms with Crippen LogP contribution in [0.4, 0.5) is 0 Å². The lowest BCUT2D eigenvalue weighted by molar-refractivity contribution is -0.154. The number of hydrogen-bond acceptors (Lipinski definition) is 6. The van der Waals surface area contributed by atoms with Gasteiger partial charge in [0.1, 0.15) is 23.5 Å². The summed E-state index contributed by atoms with van der Waals surface area (Å²) in [5.74, 6) is -2.47. The Kier molecular flexibility index (Phi) is 5.25. The van der Waals surface area contributed by atoms with Gasteiger partial charge in [-0.25, -0.2) is 0 Å². The maximum Gasteiger partial charge on any atom is 0.325 e. The average molecular weight is 408 g/mol. The number of benzene rings is 1.